The van der Waals surface area contributed by atoms with Gasteiger partial charge in [-0.25, -0.2) is 4.98 Å². The summed E-state index contributed by atoms with van der Waals surface area (Å²) in [5, 5.41) is 2.00. The molecule has 12 heavy (non-hydrogen) atoms. The van der Waals surface area contributed by atoms with Crippen LogP contribution in [0.3, 0.4) is 0 Å². The van der Waals surface area contributed by atoms with Gasteiger partial charge in [0.05, 0.1) is 5.02 Å². The molecule has 0 fully saturated rings. The Bertz CT molecular complexity index is 434. The van der Waals surface area contributed by atoms with Gasteiger partial charge >= 0.3 is 0 Å². The topological polar surface area (TPSA) is 17.8 Å². The van der Waals surface area contributed by atoms with Gasteiger partial charge in [-0.1, -0.05) is 23.2 Å². The molecule has 0 bridgehead atoms. The summed E-state index contributed by atoms with van der Waals surface area (Å²) in [6.07, 6.45) is 1.90. The maximum absolute atomic E-state index is 5.94. The molecule has 62 valence electrons. The fourth-order valence-electron chi connectivity index (χ4n) is 1.16. The fourth-order valence-corrected chi connectivity index (χ4v) is 1.66. The van der Waals surface area contributed by atoms with E-state index in [-0.39, 0.29) is 0 Å². The quantitative estimate of drug-likeness (QED) is 0.599. The van der Waals surface area contributed by atoms with Gasteiger partial charge in [0, 0.05) is 18.6 Å². The Hall–Kier alpha value is -0.730. The van der Waals surface area contributed by atoms with E-state index in [2.05, 4.69) is 4.98 Å². The van der Waals surface area contributed by atoms with Crippen LogP contribution in [-0.2, 0) is 7.05 Å². The third kappa shape index (κ3) is 1.08. The summed E-state index contributed by atoms with van der Waals surface area (Å²) in [6.45, 7) is 0. The molecular weight excluding hydrogens is 195 g/mol. The van der Waals surface area contributed by atoms with Gasteiger partial charge in [0.2, 0.25) is 0 Å². The van der Waals surface area contributed by atoms with E-state index in [1.807, 2.05) is 23.9 Å². The molecule has 2 nitrogen and oxygen atoms in total. The number of rotatable bonds is 0. The lowest BCUT2D eigenvalue weighted by Crippen LogP contribution is -1.87. The van der Waals surface area contributed by atoms with Gasteiger partial charge in [-0.2, -0.15) is 0 Å². The van der Waals surface area contributed by atoms with E-state index < -0.39 is 0 Å². The molecule has 0 saturated heterocycles. The Labute approximate surface area is 79.7 Å². The van der Waals surface area contributed by atoms with Gasteiger partial charge in [-0.05, 0) is 12.1 Å². The lowest BCUT2D eigenvalue weighted by Gasteiger charge is -1.97. The highest BCUT2D eigenvalue weighted by Gasteiger charge is 2.04. The van der Waals surface area contributed by atoms with E-state index in [0.29, 0.717) is 10.2 Å². The summed E-state index contributed by atoms with van der Waals surface area (Å²) in [5.41, 5.74) is 0.813. The Balaban J connectivity index is 2.92. The summed E-state index contributed by atoms with van der Waals surface area (Å²) in [7, 11) is 1.90. The Morgan fingerprint density at radius 3 is 2.92 bits per heavy atom. The van der Waals surface area contributed by atoms with Crippen LogP contribution < -0.4 is 0 Å². The average Bonchev–Trinajstić information content (AvgIpc) is 2.33. The molecular formula is C8H6Cl2N2. The molecule has 0 aliphatic carbocycles. The Morgan fingerprint density at radius 1 is 1.42 bits per heavy atom. The van der Waals surface area contributed by atoms with Gasteiger partial charge in [0.1, 0.15) is 10.8 Å². The first kappa shape index (κ1) is 7.90. The lowest BCUT2D eigenvalue weighted by atomic mass is 10.3. The highest BCUT2D eigenvalue weighted by atomic mass is 35.5. The standard InChI is InChI=1S/C8H6Cl2N2/c1-12-3-2-5-6(9)4-7(10)11-8(5)12/h2-4H,1H3. The van der Waals surface area contributed by atoms with E-state index in [1.165, 1.54) is 0 Å². The highest BCUT2D eigenvalue weighted by molar-refractivity contribution is 6.37. The molecule has 0 aliphatic rings. The molecule has 0 aromatic carbocycles. The molecule has 0 radical (unpaired) electrons. The van der Waals surface area contributed by atoms with Crippen LogP contribution in [0.2, 0.25) is 10.2 Å². The van der Waals surface area contributed by atoms with Gasteiger partial charge in [0.15, 0.2) is 0 Å². The number of aromatic nitrogens is 2. The molecule has 0 amide bonds. The van der Waals surface area contributed by atoms with E-state index >= 15 is 0 Å². The Morgan fingerprint density at radius 2 is 2.17 bits per heavy atom. The van der Waals surface area contributed by atoms with Crippen LogP contribution in [0.25, 0.3) is 11.0 Å². The molecule has 0 atom stereocenters. The SMILES string of the molecule is Cn1ccc2c(Cl)cc(Cl)nc21. The number of hydrogen-bond acceptors (Lipinski definition) is 1. The van der Waals surface area contributed by atoms with Crippen molar-refractivity contribution < 1.29 is 0 Å². The first-order valence-corrected chi connectivity index (χ1v) is 4.21. The van der Waals surface area contributed by atoms with Crippen LogP contribution in [0.5, 0.6) is 0 Å². The zero-order valence-corrected chi connectivity index (χ0v) is 7.89. The van der Waals surface area contributed by atoms with Crippen molar-refractivity contribution in [3.63, 3.8) is 0 Å². The molecule has 0 saturated carbocycles. The summed E-state index contributed by atoms with van der Waals surface area (Å²) in [4.78, 5) is 4.14. The molecule has 0 N–H and O–H groups in total. The van der Waals surface area contributed by atoms with E-state index in [4.69, 9.17) is 23.2 Å². The molecule has 2 aromatic heterocycles. The van der Waals surface area contributed by atoms with Crippen LogP contribution in [0.4, 0.5) is 0 Å². The number of halogens is 2. The van der Waals surface area contributed by atoms with Gasteiger partial charge < -0.3 is 4.57 Å². The van der Waals surface area contributed by atoms with Crippen LogP contribution in [-0.4, -0.2) is 9.55 Å². The largest absolute Gasteiger partial charge is 0.335 e. The molecule has 2 heterocycles. The molecule has 0 spiro atoms. The number of aryl methyl sites for hydroxylation is 1. The maximum Gasteiger partial charge on any atom is 0.142 e. The van der Waals surface area contributed by atoms with Crippen molar-refractivity contribution in [1.82, 2.24) is 9.55 Å². The fraction of sp³-hybridized carbons (Fsp3) is 0.125. The maximum atomic E-state index is 5.94. The summed E-state index contributed by atoms with van der Waals surface area (Å²) >= 11 is 11.7. The summed E-state index contributed by atoms with van der Waals surface area (Å²) in [6, 6.07) is 3.56. The first-order valence-electron chi connectivity index (χ1n) is 3.45. The molecule has 2 aromatic rings. The third-order valence-electron chi connectivity index (χ3n) is 1.76. The van der Waals surface area contributed by atoms with Crippen LogP contribution in [0.15, 0.2) is 18.3 Å². The van der Waals surface area contributed by atoms with Gasteiger partial charge in [-0.15, -0.1) is 0 Å². The average molecular weight is 201 g/mol. The minimum atomic E-state index is 0.425. The number of pyridine rings is 1. The van der Waals surface area contributed by atoms with Crippen LogP contribution in [0.1, 0.15) is 0 Å². The van der Waals surface area contributed by atoms with Crippen molar-refractivity contribution >= 4 is 34.2 Å². The first-order chi connectivity index (χ1) is 5.68. The summed E-state index contributed by atoms with van der Waals surface area (Å²) in [5.74, 6) is 0. The summed E-state index contributed by atoms with van der Waals surface area (Å²) < 4.78 is 1.88. The molecule has 0 unspecified atom stereocenters. The monoisotopic (exact) mass is 200 g/mol. The van der Waals surface area contributed by atoms with Crippen molar-refractivity contribution in [3.05, 3.63) is 28.5 Å². The zero-order chi connectivity index (χ0) is 8.72. The van der Waals surface area contributed by atoms with Crippen LogP contribution in [0, 0.1) is 0 Å². The van der Waals surface area contributed by atoms with Crippen LogP contribution >= 0.6 is 23.2 Å². The second-order valence-corrected chi connectivity index (χ2v) is 3.39. The zero-order valence-electron chi connectivity index (χ0n) is 6.38. The van der Waals surface area contributed by atoms with Crippen molar-refractivity contribution in [2.24, 2.45) is 7.05 Å². The second-order valence-electron chi connectivity index (χ2n) is 2.59. The van der Waals surface area contributed by atoms with E-state index in [1.54, 1.807) is 6.07 Å². The predicted octanol–water partition coefficient (Wildman–Crippen LogP) is 2.88. The van der Waals surface area contributed by atoms with Crippen molar-refractivity contribution in [3.8, 4) is 0 Å². The molecule has 0 aliphatic heterocycles. The number of fused-ring (bicyclic) bond motifs is 1. The van der Waals surface area contributed by atoms with E-state index in [9.17, 15) is 0 Å². The predicted molar refractivity (Wildman–Crippen MR) is 50.7 cm³/mol. The van der Waals surface area contributed by atoms with Gasteiger partial charge in [0.25, 0.3) is 0 Å². The normalized spacial score (nSPS) is 10.9. The third-order valence-corrected chi connectivity index (χ3v) is 2.26. The minimum absolute atomic E-state index is 0.425. The number of hydrogen-bond donors (Lipinski definition) is 0. The van der Waals surface area contributed by atoms with Crippen molar-refractivity contribution in [2.75, 3.05) is 0 Å². The second kappa shape index (κ2) is 2.64. The lowest BCUT2D eigenvalue weighted by molar-refractivity contribution is 0.949. The molecule has 2 rings (SSSR count). The molecule has 4 heteroatoms. The smallest absolute Gasteiger partial charge is 0.142 e. The van der Waals surface area contributed by atoms with Crippen molar-refractivity contribution in [2.45, 2.75) is 0 Å². The minimum Gasteiger partial charge on any atom is -0.335 e. The van der Waals surface area contributed by atoms with Gasteiger partial charge in [-0.3, -0.25) is 0 Å². The highest BCUT2D eigenvalue weighted by Crippen LogP contribution is 2.25. The Kier molecular flexibility index (Phi) is 1.74. The number of nitrogens with zero attached hydrogens (tertiary/aromatic N) is 2. The van der Waals surface area contributed by atoms with Crippen molar-refractivity contribution in [1.29, 1.82) is 0 Å². The van der Waals surface area contributed by atoms with E-state index in [0.717, 1.165) is 11.0 Å².